The van der Waals surface area contributed by atoms with Crippen LogP contribution in [0, 0.1) is 0 Å². The van der Waals surface area contributed by atoms with Crippen molar-refractivity contribution in [3.8, 4) is 0 Å². The Hall–Kier alpha value is -1.00. The van der Waals surface area contributed by atoms with Crippen molar-refractivity contribution >= 4 is 0 Å². The minimum Gasteiger partial charge on any atom is -0.378 e. The highest BCUT2D eigenvalue weighted by atomic mass is 16.5. The Balaban J connectivity index is 1.64. The molecule has 0 amide bonds. The lowest BCUT2D eigenvalue weighted by molar-refractivity contribution is -0.0103. The number of aromatic nitrogens is 2. The average molecular weight is 207 g/mol. The zero-order chi connectivity index (χ0) is 10.5. The van der Waals surface area contributed by atoms with Gasteiger partial charge in [0, 0.05) is 25.4 Å². The van der Waals surface area contributed by atoms with Crippen molar-refractivity contribution in [2.45, 2.75) is 38.5 Å². The smallest absolute Gasteiger partial charge is 0.115 e. The molecule has 1 saturated carbocycles. The molecule has 1 aromatic heterocycles. The van der Waals surface area contributed by atoms with E-state index in [1.807, 2.05) is 13.0 Å². The molecule has 1 aromatic rings. The van der Waals surface area contributed by atoms with Gasteiger partial charge >= 0.3 is 0 Å². The lowest BCUT2D eigenvalue weighted by Crippen LogP contribution is -2.45. The molecule has 2 rings (SSSR count). The molecule has 0 radical (unpaired) electrons. The summed E-state index contributed by atoms with van der Waals surface area (Å²) in [5.41, 5.74) is 1.05. The normalized spacial score (nSPS) is 24.9. The number of nitrogens with zero attached hydrogens (tertiary/aromatic N) is 2. The van der Waals surface area contributed by atoms with Crippen LogP contribution in [0.4, 0.5) is 0 Å². The monoisotopic (exact) mass is 207 g/mol. The molecular weight excluding hydrogens is 190 g/mol. The SMILES string of the molecule is CCOC1CC(NCc2ccncn2)C1. The molecule has 1 N–H and O–H groups in total. The van der Waals surface area contributed by atoms with Gasteiger partial charge in [-0.05, 0) is 25.8 Å². The number of ether oxygens (including phenoxy) is 1. The Morgan fingerprint density at radius 3 is 3.07 bits per heavy atom. The molecule has 0 spiro atoms. The second-order valence-electron chi connectivity index (χ2n) is 3.83. The molecule has 0 atom stereocenters. The molecule has 0 aliphatic heterocycles. The third-order valence-electron chi connectivity index (χ3n) is 2.71. The Morgan fingerprint density at radius 2 is 2.40 bits per heavy atom. The molecule has 0 aromatic carbocycles. The lowest BCUT2D eigenvalue weighted by Gasteiger charge is -2.35. The Labute approximate surface area is 90.1 Å². The first-order valence-corrected chi connectivity index (χ1v) is 5.48. The van der Waals surface area contributed by atoms with Crippen LogP contribution in [0.25, 0.3) is 0 Å². The van der Waals surface area contributed by atoms with E-state index in [0.717, 1.165) is 31.7 Å². The van der Waals surface area contributed by atoms with E-state index in [-0.39, 0.29) is 0 Å². The summed E-state index contributed by atoms with van der Waals surface area (Å²) in [5.74, 6) is 0. The van der Waals surface area contributed by atoms with Crippen LogP contribution < -0.4 is 5.32 Å². The largest absolute Gasteiger partial charge is 0.378 e. The second-order valence-corrected chi connectivity index (χ2v) is 3.83. The fourth-order valence-corrected chi connectivity index (χ4v) is 1.78. The Kier molecular flexibility index (Phi) is 3.64. The summed E-state index contributed by atoms with van der Waals surface area (Å²) in [4.78, 5) is 8.04. The maximum absolute atomic E-state index is 5.49. The standard InChI is InChI=1S/C11H17N3O/c1-2-15-11-5-10(6-11)13-7-9-3-4-12-8-14-9/h3-4,8,10-11,13H,2,5-7H2,1H3. The van der Waals surface area contributed by atoms with Gasteiger partial charge in [-0.25, -0.2) is 9.97 Å². The van der Waals surface area contributed by atoms with Crippen LogP contribution in [0.2, 0.25) is 0 Å². The van der Waals surface area contributed by atoms with Crippen molar-refractivity contribution in [1.29, 1.82) is 0 Å². The minimum absolute atomic E-state index is 0.470. The first-order valence-electron chi connectivity index (χ1n) is 5.48. The van der Waals surface area contributed by atoms with Crippen LogP contribution in [0.1, 0.15) is 25.5 Å². The summed E-state index contributed by atoms with van der Waals surface area (Å²) < 4.78 is 5.49. The fraction of sp³-hybridized carbons (Fsp3) is 0.636. The molecular formula is C11H17N3O. The van der Waals surface area contributed by atoms with Crippen LogP contribution >= 0.6 is 0 Å². The molecule has 15 heavy (non-hydrogen) atoms. The van der Waals surface area contributed by atoms with E-state index in [4.69, 9.17) is 4.74 Å². The number of rotatable bonds is 5. The molecule has 0 unspecified atom stereocenters. The molecule has 4 heteroatoms. The summed E-state index contributed by atoms with van der Waals surface area (Å²) in [6.45, 7) is 3.69. The van der Waals surface area contributed by atoms with Gasteiger partial charge in [-0.1, -0.05) is 0 Å². The third kappa shape index (κ3) is 2.97. The van der Waals surface area contributed by atoms with E-state index < -0.39 is 0 Å². The highest BCUT2D eigenvalue weighted by Crippen LogP contribution is 2.23. The predicted octanol–water partition coefficient (Wildman–Crippen LogP) is 1.13. The zero-order valence-corrected chi connectivity index (χ0v) is 9.02. The van der Waals surface area contributed by atoms with Crippen molar-refractivity contribution in [1.82, 2.24) is 15.3 Å². The van der Waals surface area contributed by atoms with Crippen LogP contribution in [0.3, 0.4) is 0 Å². The summed E-state index contributed by atoms with van der Waals surface area (Å²) in [6.07, 6.45) is 6.07. The third-order valence-corrected chi connectivity index (χ3v) is 2.71. The Bertz CT molecular complexity index is 285. The van der Waals surface area contributed by atoms with E-state index in [2.05, 4.69) is 15.3 Å². The van der Waals surface area contributed by atoms with Crippen LogP contribution in [0.15, 0.2) is 18.6 Å². The molecule has 0 saturated heterocycles. The first kappa shape index (κ1) is 10.5. The van der Waals surface area contributed by atoms with Crippen LogP contribution in [0.5, 0.6) is 0 Å². The molecule has 4 nitrogen and oxygen atoms in total. The van der Waals surface area contributed by atoms with E-state index in [0.29, 0.717) is 12.1 Å². The molecule has 1 heterocycles. The average Bonchev–Trinajstić information content (AvgIpc) is 2.23. The quantitative estimate of drug-likeness (QED) is 0.786. The molecule has 82 valence electrons. The van der Waals surface area contributed by atoms with E-state index >= 15 is 0 Å². The molecule has 1 aliphatic carbocycles. The predicted molar refractivity (Wildman–Crippen MR) is 57.3 cm³/mol. The van der Waals surface area contributed by atoms with Crippen molar-refractivity contribution in [2.75, 3.05) is 6.61 Å². The first-order chi connectivity index (χ1) is 7.38. The van der Waals surface area contributed by atoms with Gasteiger partial charge in [0.2, 0.25) is 0 Å². The van der Waals surface area contributed by atoms with Crippen LogP contribution in [-0.4, -0.2) is 28.7 Å². The van der Waals surface area contributed by atoms with Crippen molar-refractivity contribution < 1.29 is 4.74 Å². The lowest BCUT2D eigenvalue weighted by atomic mass is 9.89. The van der Waals surface area contributed by atoms with Gasteiger partial charge in [-0.2, -0.15) is 0 Å². The summed E-state index contributed by atoms with van der Waals surface area (Å²) in [6, 6.07) is 2.53. The highest BCUT2D eigenvalue weighted by molar-refractivity contribution is 4.98. The van der Waals surface area contributed by atoms with E-state index in [1.54, 1.807) is 12.5 Å². The molecule has 1 aliphatic rings. The van der Waals surface area contributed by atoms with Crippen molar-refractivity contribution in [3.63, 3.8) is 0 Å². The molecule has 1 fully saturated rings. The van der Waals surface area contributed by atoms with Gasteiger partial charge in [0.25, 0.3) is 0 Å². The topological polar surface area (TPSA) is 47.0 Å². The summed E-state index contributed by atoms with van der Waals surface area (Å²) >= 11 is 0. The zero-order valence-electron chi connectivity index (χ0n) is 9.02. The number of hydrogen-bond acceptors (Lipinski definition) is 4. The van der Waals surface area contributed by atoms with Gasteiger partial charge in [-0.15, -0.1) is 0 Å². The highest BCUT2D eigenvalue weighted by Gasteiger charge is 2.28. The van der Waals surface area contributed by atoms with Gasteiger partial charge in [-0.3, -0.25) is 0 Å². The van der Waals surface area contributed by atoms with Gasteiger partial charge in [0.15, 0.2) is 0 Å². The number of nitrogens with one attached hydrogen (secondary N) is 1. The Morgan fingerprint density at radius 1 is 1.53 bits per heavy atom. The summed E-state index contributed by atoms with van der Waals surface area (Å²) in [7, 11) is 0. The van der Waals surface area contributed by atoms with Gasteiger partial charge in [0.05, 0.1) is 11.8 Å². The van der Waals surface area contributed by atoms with Crippen LogP contribution in [-0.2, 0) is 11.3 Å². The second kappa shape index (κ2) is 5.19. The maximum atomic E-state index is 5.49. The van der Waals surface area contributed by atoms with Crippen molar-refractivity contribution in [2.24, 2.45) is 0 Å². The van der Waals surface area contributed by atoms with E-state index in [9.17, 15) is 0 Å². The number of hydrogen-bond donors (Lipinski definition) is 1. The summed E-state index contributed by atoms with van der Waals surface area (Å²) in [5, 5.41) is 3.45. The minimum atomic E-state index is 0.470. The van der Waals surface area contributed by atoms with Crippen molar-refractivity contribution in [3.05, 3.63) is 24.3 Å². The molecule has 0 bridgehead atoms. The van der Waals surface area contributed by atoms with Gasteiger partial charge < -0.3 is 10.1 Å². The van der Waals surface area contributed by atoms with Gasteiger partial charge in [0.1, 0.15) is 6.33 Å². The van der Waals surface area contributed by atoms with E-state index in [1.165, 1.54) is 0 Å². The fourth-order valence-electron chi connectivity index (χ4n) is 1.78. The maximum Gasteiger partial charge on any atom is 0.115 e.